The van der Waals surface area contributed by atoms with Crippen molar-refractivity contribution in [3.8, 4) is 0 Å². The molecular weight excluding hydrogens is 166 g/mol. The van der Waals surface area contributed by atoms with Crippen molar-refractivity contribution in [3.63, 3.8) is 0 Å². The number of likely N-dealkylation sites (N-methyl/N-ethyl adjacent to an activating group) is 1. The molecule has 4 nitrogen and oxygen atoms in total. The molecule has 0 aliphatic carbocycles. The Morgan fingerprint density at radius 3 is 2.77 bits per heavy atom. The zero-order valence-corrected chi connectivity index (χ0v) is 8.05. The third kappa shape index (κ3) is 1.84. The van der Waals surface area contributed by atoms with E-state index >= 15 is 0 Å². The van der Waals surface area contributed by atoms with Crippen LogP contribution in [0.3, 0.4) is 0 Å². The van der Waals surface area contributed by atoms with Crippen molar-refractivity contribution in [1.29, 1.82) is 0 Å². The van der Waals surface area contributed by atoms with E-state index < -0.39 is 0 Å². The van der Waals surface area contributed by atoms with Crippen molar-refractivity contribution in [3.05, 3.63) is 0 Å². The molecule has 0 aromatic heterocycles. The molecule has 2 fully saturated rings. The first-order valence-electron chi connectivity index (χ1n) is 5.05. The summed E-state index contributed by atoms with van der Waals surface area (Å²) < 4.78 is 0. The van der Waals surface area contributed by atoms with Crippen LogP contribution in [0.2, 0.25) is 0 Å². The highest BCUT2D eigenvalue weighted by atomic mass is 16.2. The maximum atomic E-state index is 11.4. The fourth-order valence-electron chi connectivity index (χ4n) is 1.73. The number of amides is 1. The molecule has 0 spiro atoms. The van der Waals surface area contributed by atoms with Crippen LogP contribution in [-0.2, 0) is 4.79 Å². The van der Waals surface area contributed by atoms with Gasteiger partial charge in [0.15, 0.2) is 0 Å². The van der Waals surface area contributed by atoms with Crippen LogP contribution >= 0.6 is 0 Å². The first-order valence-corrected chi connectivity index (χ1v) is 5.05. The monoisotopic (exact) mass is 183 g/mol. The molecule has 2 N–H and O–H groups in total. The number of nitrogens with zero attached hydrogens (tertiary/aromatic N) is 1. The van der Waals surface area contributed by atoms with E-state index in [-0.39, 0.29) is 11.9 Å². The SMILES string of the molecule is CCN1CC(NC(=O)C2CCN2)C1. The molecule has 2 aliphatic rings. The van der Waals surface area contributed by atoms with Gasteiger partial charge in [-0.25, -0.2) is 0 Å². The van der Waals surface area contributed by atoms with Crippen LogP contribution in [0, 0.1) is 0 Å². The summed E-state index contributed by atoms with van der Waals surface area (Å²) in [6.45, 7) is 6.27. The molecule has 1 atom stereocenters. The van der Waals surface area contributed by atoms with E-state index in [0.29, 0.717) is 6.04 Å². The molecule has 0 saturated carbocycles. The summed E-state index contributed by atoms with van der Waals surface area (Å²) in [5, 5.41) is 6.14. The molecule has 4 heteroatoms. The molecule has 0 aromatic rings. The zero-order chi connectivity index (χ0) is 9.26. The molecule has 0 bridgehead atoms. The van der Waals surface area contributed by atoms with Gasteiger partial charge in [-0.15, -0.1) is 0 Å². The van der Waals surface area contributed by atoms with Gasteiger partial charge in [0.2, 0.25) is 5.91 Å². The Morgan fingerprint density at radius 1 is 1.62 bits per heavy atom. The predicted octanol–water partition coefficient (Wildman–Crippen LogP) is -0.831. The molecule has 2 rings (SSSR count). The molecule has 2 heterocycles. The number of hydrogen-bond acceptors (Lipinski definition) is 3. The summed E-state index contributed by atoms with van der Waals surface area (Å²) in [5.41, 5.74) is 0. The highest BCUT2D eigenvalue weighted by Gasteiger charge is 2.30. The average molecular weight is 183 g/mol. The largest absolute Gasteiger partial charge is 0.349 e. The lowest BCUT2D eigenvalue weighted by Gasteiger charge is -2.40. The summed E-state index contributed by atoms with van der Waals surface area (Å²) in [4.78, 5) is 13.7. The third-order valence-corrected chi connectivity index (χ3v) is 2.89. The first-order chi connectivity index (χ1) is 6.29. The summed E-state index contributed by atoms with van der Waals surface area (Å²) in [5.74, 6) is 0.187. The van der Waals surface area contributed by atoms with Gasteiger partial charge in [-0.2, -0.15) is 0 Å². The molecule has 2 aliphatic heterocycles. The quantitative estimate of drug-likeness (QED) is 0.600. The zero-order valence-electron chi connectivity index (χ0n) is 8.05. The maximum Gasteiger partial charge on any atom is 0.237 e. The lowest BCUT2D eigenvalue weighted by Crippen LogP contribution is -2.63. The number of carbonyl (C=O) groups excluding carboxylic acids is 1. The predicted molar refractivity (Wildman–Crippen MR) is 50.5 cm³/mol. The van der Waals surface area contributed by atoms with Crippen LogP contribution in [0.15, 0.2) is 0 Å². The van der Waals surface area contributed by atoms with Crippen LogP contribution in [0.5, 0.6) is 0 Å². The lowest BCUT2D eigenvalue weighted by atomic mass is 10.0. The topological polar surface area (TPSA) is 44.4 Å². The van der Waals surface area contributed by atoms with Gasteiger partial charge in [0, 0.05) is 13.1 Å². The van der Waals surface area contributed by atoms with Gasteiger partial charge in [-0.3, -0.25) is 9.69 Å². The minimum Gasteiger partial charge on any atom is -0.349 e. The van der Waals surface area contributed by atoms with Crippen LogP contribution in [0.1, 0.15) is 13.3 Å². The van der Waals surface area contributed by atoms with Gasteiger partial charge in [-0.05, 0) is 19.5 Å². The van der Waals surface area contributed by atoms with Crippen molar-refractivity contribution in [2.24, 2.45) is 0 Å². The number of carbonyl (C=O) groups is 1. The van der Waals surface area contributed by atoms with Crippen LogP contribution in [0.25, 0.3) is 0 Å². The Labute approximate surface area is 78.7 Å². The van der Waals surface area contributed by atoms with Crippen molar-refractivity contribution in [2.75, 3.05) is 26.2 Å². The smallest absolute Gasteiger partial charge is 0.237 e. The fraction of sp³-hybridized carbons (Fsp3) is 0.889. The summed E-state index contributed by atoms with van der Waals surface area (Å²) in [7, 11) is 0. The number of nitrogens with one attached hydrogen (secondary N) is 2. The van der Waals surface area contributed by atoms with Crippen molar-refractivity contribution < 1.29 is 4.79 Å². The number of hydrogen-bond donors (Lipinski definition) is 2. The van der Waals surface area contributed by atoms with Crippen molar-refractivity contribution in [2.45, 2.75) is 25.4 Å². The number of likely N-dealkylation sites (tertiary alicyclic amines) is 1. The van der Waals surface area contributed by atoms with E-state index in [2.05, 4.69) is 22.5 Å². The van der Waals surface area contributed by atoms with Crippen molar-refractivity contribution >= 4 is 5.91 Å². The molecule has 13 heavy (non-hydrogen) atoms. The average Bonchev–Trinajstić information content (AvgIpc) is 1.92. The molecule has 1 unspecified atom stereocenters. The molecule has 0 aromatic carbocycles. The van der Waals surface area contributed by atoms with E-state index in [9.17, 15) is 4.79 Å². The van der Waals surface area contributed by atoms with Gasteiger partial charge in [-0.1, -0.05) is 6.92 Å². The van der Waals surface area contributed by atoms with Gasteiger partial charge in [0.1, 0.15) is 0 Å². The van der Waals surface area contributed by atoms with E-state index in [4.69, 9.17) is 0 Å². The second-order valence-electron chi connectivity index (χ2n) is 3.85. The second kappa shape index (κ2) is 3.64. The molecule has 0 radical (unpaired) electrons. The van der Waals surface area contributed by atoms with Crippen LogP contribution in [-0.4, -0.2) is 49.1 Å². The molecule has 1 amide bonds. The van der Waals surface area contributed by atoms with E-state index in [1.807, 2.05) is 0 Å². The van der Waals surface area contributed by atoms with Gasteiger partial charge in [0.25, 0.3) is 0 Å². The molecular formula is C9H17N3O. The summed E-state index contributed by atoms with van der Waals surface area (Å²) in [6.07, 6.45) is 0.996. The lowest BCUT2D eigenvalue weighted by molar-refractivity contribution is -0.126. The Balaban J connectivity index is 1.65. The Hall–Kier alpha value is -0.610. The normalized spacial score (nSPS) is 29.2. The first kappa shape index (κ1) is 8.97. The standard InChI is InChI=1S/C9H17N3O/c1-2-12-5-7(6-12)11-9(13)8-3-4-10-8/h7-8,10H,2-6H2,1H3,(H,11,13). The second-order valence-corrected chi connectivity index (χ2v) is 3.85. The summed E-state index contributed by atoms with van der Waals surface area (Å²) >= 11 is 0. The Bertz CT molecular complexity index is 197. The number of rotatable bonds is 3. The van der Waals surface area contributed by atoms with Gasteiger partial charge < -0.3 is 10.6 Å². The van der Waals surface area contributed by atoms with Crippen LogP contribution in [0.4, 0.5) is 0 Å². The van der Waals surface area contributed by atoms with Crippen molar-refractivity contribution in [1.82, 2.24) is 15.5 Å². The van der Waals surface area contributed by atoms with E-state index in [1.54, 1.807) is 0 Å². The highest BCUT2D eigenvalue weighted by Crippen LogP contribution is 2.08. The van der Waals surface area contributed by atoms with Gasteiger partial charge >= 0.3 is 0 Å². The fourth-order valence-corrected chi connectivity index (χ4v) is 1.73. The van der Waals surface area contributed by atoms with Gasteiger partial charge in [0.05, 0.1) is 12.1 Å². The Morgan fingerprint density at radius 2 is 2.31 bits per heavy atom. The van der Waals surface area contributed by atoms with Crippen LogP contribution < -0.4 is 10.6 Å². The summed E-state index contributed by atoms with van der Waals surface area (Å²) in [6, 6.07) is 0.491. The van der Waals surface area contributed by atoms with E-state index in [0.717, 1.165) is 32.6 Å². The maximum absolute atomic E-state index is 11.4. The third-order valence-electron chi connectivity index (χ3n) is 2.89. The molecule has 2 saturated heterocycles. The Kier molecular flexibility index (Phi) is 2.51. The molecule has 74 valence electrons. The minimum atomic E-state index is 0.0932. The highest BCUT2D eigenvalue weighted by molar-refractivity contribution is 5.83. The van der Waals surface area contributed by atoms with E-state index in [1.165, 1.54) is 0 Å². The minimum absolute atomic E-state index is 0.0932.